The van der Waals surface area contributed by atoms with Crippen LogP contribution in [0.4, 0.5) is 0 Å². The van der Waals surface area contributed by atoms with Gasteiger partial charge in [-0.15, -0.1) is 13.2 Å². The molecule has 1 saturated carbocycles. The molecule has 2 fully saturated rings. The summed E-state index contributed by atoms with van der Waals surface area (Å²) in [6.07, 6.45) is 4.13. The minimum Gasteiger partial charge on any atom is -0.462 e. The summed E-state index contributed by atoms with van der Waals surface area (Å²) in [6.45, 7) is 7.52. The monoisotopic (exact) mass is 307 g/mol. The van der Waals surface area contributed by atoms with Crippen molar-refractivity contribution >= 4 is 17.8 Å². The van der Waals surface area contributed by atoms with E-state index in [0.29, 0.717) is 6.42 Å². The maximum absolute atomic E-state index is 12.5. The summed E-state index contributed by atoms with van der Waals surface area (Å²) >= 11 is 0. The lowest BCUT2D eigenvalue weighted by Gasteiger charge is -2.17. The van der Waals surface area contributed by atoms with Gasteiger partial charge in [-0.25, -0.2) is 0 Å². The van der Waals surface area contributed by atoms with Crippen molar-refractivity contribution in [2.75, 3.05) is 26.9 Å². The van der Waals surface area contributed by atoms with Crippen LogP contribution in [0.1, 0.15) is 6.42 Å². The van der Waals surface area contributed by atoms with Crippen LogP contribution in [0.2, 0.25) is 0 Å². The van der Waals surface area contributed by atoms with Crippen molar-refractivity contribution in [2.45, 2.75) is 6.42 Å². The maximum atomic E-state index is 12.5. The van der Waals surface area contributed by atoms with Gasteiger partial charge >= 0.3 is 5.97 Å². The Morgan fingerprint density at radius 1 is 1.18 bits per heavy atom. The number of ether oxygens (including phenoxy) is 2. The first-order chi connectivity index (χ1) is 10.5. The van der Waals surface area contributed by atoms with Gasteiger partial charge in [0.05, 0.1) is 18.4 Å². The number of esters is 1. The highest BCUT2D eigenvalue weighted by atomic mass is 16.6. The van der Waals surface area contributed by atoms with Crippen LogP contribution in [0, 0.1) is 23.7 Å². The molecule has 4 atom stereocenters. The normalized spacial score (nSPS) is 30.3. The van der Waals surface area contributed by atoms with E-state index >= 15 is 0 Å². The first-order valence-electron chi connectivity index (χ1n) is 7.30. The molecule has 2 unspecified atom stereocenters. The molecule has 1 aliphatic carbocycles. The summed E-state index contributed by atoms with van der Waals surface area (Å²) in [5.74, 6) is -2.21. The minimum atomic E-state index is -0.607. The minimum absolute atomic E-state index is 0.0565. The lowest BCUT2D eigenvalue weighted by Crippen LogP contribution is -2.38. The Balaban J connectivity index is 2.07. The van der Waals surface area contributed by atoms with Gasteiger partial charge in [0, 0.05) is 7.11 Å². The molecule has 120 valence electrons. The number of fused-ring (bicyclic) bond motifs is 1. The van der Waals surface area contributed by atoms with Gasteiger partial charge in [0.2, 0.25) is 11.8 Å². The zero-order valence-corrected chi connectivity index (χ0v) is 12.7. The van der Waals surface area contributed by atoms with Gasteiger partial charge in [0.15, 0.2) is 0 Å². The summed E-state index contributed by atoms with van der Waals surface area (Å²) in [4.78, 5) is 37.7. The summed E-state index contributed by atoms with van der Waals surface area (Å²) in [5, 5.41) is 0. The van der Waals surface area contributed by atoms with Crippen molar-refractivity contribution < 1.29 is 23.9 Å². The smallest absolute Gasteiger partial charge is 0.326 e. The maximum Gasteiger partial charge on any atom is 0.326 e. The lowest BCUT2D eigenvalue weighted by atomic mass is 9.89. The predicted octanol–water partition coefficient (Wildman–Crippen LogP) is 0.785. The number of allylic oxidation sites excluding steroid dienone is 2. The molecule has 0 aromatic carbocycles. The van der Waals surface area contributed by atoms with Crippen LogP contribution in [0.5, 0.6) is 0 Å². The molecule has 1 aliphatic heterocycles. The Kier molecular flexibility index (Phi) is 5.13. The van der Waals surface area contributed by atoms with Crippen molar-refractivity contribution in [1.82, 2.24) is 4.90 Å². The molecule has 2 aliphatic rings. The van der Waals surface area contributed by atoms with E-state index in [9.17, 15) is 14.4 Å². The van der Waals surface area contributed by atoms with E-state index in [0.717, 1.165) is 4.90 Å². The van der Waals surface area contributed by atoms with Crippen molar-refractivity contribution in [2.24, 2.45) is 23.7 Å². The van der Waals surface area contributed by atoms with E-state index in [2.05, 4.69) is 13.2 Å². The number of hydrogen-bond donors (Lipinski definition) is 0. The van der Waals surface area contributed by atoms with Crippen LogP contribution in [0.25, 0.3) is 0 Å². The molecular formula is C16H21NO5. The van der Waals surface area contributed by atoms with Crippen molar-refractivity contribution in [1.29, 1.82) is 0 Å². The van der Waals surface area contributed by atoms with Gasteiger partial charge in [0.1, 0.15) is 13.2 Å². The van der Waals surface area contributed by atoms with Crippen LogP contribution >= 0.6 is 0 Å². The number of methoxy groups -OCH3 is 1. The van der Waals surface area contributed by atoms with E-state index in [-0.39, 0.29) is 43.4 Å². The number of amides is 2. The van der Waals surface area contributed by atoms with Gasteiger partial charge in [0.25, 0.3) is 0 Å². The van der Waals surface area contributed by atoms with Crippen molar-refractivity contribution in [3.05, 3.63) is 25.3 Å². The summed E-state index contributed by atoms with van der Waals surface area (Å²) in [7, 11) is 1.49. The molecule has 6 heteroatoms. The molecule has 0 spiro atoms. The molecule has 2 amide bonds. The molecule has 0 N–H and O–H groups in total. The summed E-state index contributed by atoms with van der Waals surface area (Å²) < 4.78 is 9.69. The molecule has 22 heavy (non-hydrogen) atoms. The topological polar surface area (TPSA) is 72.9 Å². The number of hydrogen-bond acceptors (Lipinski definition) is 5. The average Bonchev–Trinajstić information content (AvgIpc) is 2.99. The highest BCUT2D eigenvalue weighted by Crippen LogP contribution is 2.48. The van der Waals surface area contributed by atoms with E-state index in [4.69, 9.17) is 9.47 Å². The van der Waals surface area contributed by atoms with Gasteiger partial charge in [-0.3, -0.25) is 19.3 Å². The molecule has 0 aromatic rings. The van der Waals surface area contributed by atoms with Gasteiger partial charge < -0.3 is 9.47 Å². The van der Waals surface area contributed by atoms with Crippen molar-refractivity contribution in [3.8, 4) is 0 Å². The number of likely N-dealkylation sites (tertiary alicyclic amines) is 1. The number of carbonyl (C=O) groups is 3. The van der Waals surface area contributed by atoms with E-state index < -0.39 is 17.8 Å². The first-order valence-corrected chi connectivity index (χ1v) is 7.30. The molecular weight excluding hydrogens is 286 g/mol. The summed E-state index contributed by atoms with van der Waals surface area (Å²) in [5.41, 5.74) is 0. The lowest BCUT2D eigenvalue weighted by molar-refractivity contribution is -0.154. The largest absolute Gasteiger partial charge is 0.462 e. The fourth-order valence-electron chi connectivity index (χ4n) is 3.34. The third kappa shape index (κ3) is 2.83. The summed E-state index contributed by atoms with van der Waals surface area (Å²) in [6, 6.07) is 0. The van der Waals surface area contributed by atoms with Gasteiger partial charge in [-0.05, 0) is 18.3 Å². The SMILES string of the molecule is C=CC1CC(C=C)[C@@H]2C(=O)N(CC(=O)OCCOC)C(=O)[C@H]12. The molecule has 6 nitrogen and oxygen atoms in total. The molecule has 0 radical (unpaired) electrons. The molecule has 1 heterocycles. The second-order valence-electron chi connectivity index (χ2n) is 5.56. The highest BCUT2D eigenvalue weighted by molar-refractivity contribution is 6.07. The van der Waals surface area contributed by atoms with Crippen LogP contribution in [-0.4, -0.2) is 49.6 Å². The third-order valence-corrected chi connectivity index (χ3v) is 4.40. The van der Waals surface area contributed by atoms with Crippen LogP contribution in [0.15, 0.2) is 25.3 Å². The van der Waals surface area contributed by atoms with Crippen molar-refractivity contribution in [3.63, 3.8) is 0 Å². The Morgan fingerprint density at radius 3 is 2.18 bits per heavy atom. The molecule has 0 aromatic heterocycles. The quantitative estimate of drug-likeness (QED) is 0.301. The molecule has 1 saturated heterocycles. The second-order valence-corrected chi connectivity index (χ2v) is 5.56. The number of nitrogens with zero attached hydrogens (tertiary/aromatic N) is 1. The Hall–Kier alpha value is -1.95. The Bertz CT molecular complexity index is 469. The Labute approximate surface area is 129 Å². The molecule has 2 rings (SSSR count). The van der Waals surface area contributed by atoms with E-state index in [1.54, 1.807) is 12.2 Å². The average molecular weight is 307 g/mol. The standard InChI is InChI=1S/C16H21NO5/c1-4-10-8-11(5-2)14-13(10)15(19)17(16(14)20)9-12(18)22-7-6-21-3/h4-5,10-11,13-14H,1-2,6-9H2,3H3/t10?,11?,13-,14+. The van der Waals surface area contributed by atoms with E-state index in [1.165, 1.54) is 7.11 Å². The van der Waals surface area contributed by atoms with Gasteiger partial charge in [-0.1, -0.05) is 12.2 Å². The van der Waals surface area contributed by atoms with Gasteiger partial charge in [-0.2, -0.15) is 0 Å². The van der Waals surface area contributed by atoms with E-state index in [1.807, 2.05) is 0 Å². The predicted molar refractivity (Wildman–Crippen MR) is 78.5 cm³/mol. The number of rotatable bonds is 7. The zero-order valence-electron chi connectivity index (χ0n) is 12.7. The fourth-order valence-corrected chi connectivity index (χ4v) is 3.34. The number of imide groups is 1. The zero-order chi connectivity index (χ0) is 16.3. The Morgan fingerprint density at radius 2 is 1.73 bits per heavy atom. The van der Waals surface area contributed by atoms with Crippen LogP contribution < -0.4 is 0 Å². The molecule has 0 bridgehead atoms. The second kappa shape index (κ2) is 6.87. The fraction of sp³-hybridized carbons (Fsp3) is 0.562. The third-order valence-electron chi connectivity index (χ3n) is 4.40. The van der Waals surface area contributed by atoms with Crippen LogP contribution in [-0.2, 0) is 23.9 Å². The van der Waals surface area contributed by atoms with Crippen LogP contribution in [0.3, 0.4) is 0 Å². The highest BCUT2D eigenvalue weighted by Gasteiger charge is 2.57. The first kappa shape index (κ1) is 16.4. The number of carbonyl (C=O) groups excluding carboxylic acids is 3.